The molecular weight excluding hydrogens is 1930 g/mol. The number of nitrogens with two attached hydrogens (primary N) is 6. The number of nitrogens with one attached hydrogen (secondary N) is 4. The molecule has 40 heteroatoms. The van der Waals surface area contributed by atoms with Crippen LogP contribution in [-0.4, -0.2) is 227 Å². The lowest BCUT2D eigenvalue weighted by molar-refractivity contribution is -0.155. The van der Waals surface area contributed by atoms with E-state index in [2.05, 4.69) is 44.4 Å². The molecule has 4 aliphatic heterocycles. The van der Waals surface area contributed by atoms with Crippen LogP contribution in [0.4, 0.5) is 17.6 Å². The van der Waals surface area contributed by atoms with Crippen molar-refractivity contribution in [1.29, 1.82) is 0 Å². The summed E-state index contributed by atoms with van der Waals surface area (Å²) < 4.78 is 63.4. The van der Waals surface area contributed by atoms with Crippen molar-refractivity contribution in [2.75, 3.05) is 65.7 Å². The molecule has 146 heavy (non-hydrogen) atoms. The van der Waals surface area contributed by atoms with Gasteiger partial charge in [0.2, 0.25) is 23.6 Å². The molecule has 4 saturated heterocycles. The van der Waals surface area contributed by atoms with Crippen LogP contribution in [0.5, 0.6) is 0 Å². The van der Waals surface area contributed by atoms with Gasteiger partial charge in [-0.1, -0.05) is 130 Å². The Kier molecular flexibility index (Phi) is 53.1. The zero-order valence-electron chi connectivity index (χ0n) is 85.8. The highest BCUT2D eigenvalue weighted by molar-refractivity contribution is 6.31. The summed E-state index contributed by atoms with van der Waals surface area (Å²) in [5.74, 6) is -8.74. The number of alkyl halides is 2. The molecule has 0 aliphatic carbocycles. The Hall–Kier alpha value is -12.5. The zero-order valence-corrected chi connectivity index (χ0v) is 87.3. The van der Waals surface area contributed by atoms with Gasteiger partial charge in [-0.05, 0) is 198 Å². The Balaban J connectivity index is 0.000000342. The normalized spacial score (nSPS) is 16.6. The Morgan fingerprint density at radius 2 is 0.760 bits per heavy atom. The van der Waals surface area contributed by atoms with Crippen molar-refractivity contribution in [2.24, 2.45) is 90.7 Å². The first-order valence-electron chi connectivity index (χ1n) is 49.9. The van der Waals surface area contributed by atoms with Crippen molar-refractivity contribution in [2.45, 2.75) is 273 Å². The van der Waals surface area contributed by atoms with Gasteiger partial charge >= 0.3 is 11.9 Å². The second kappa shape index (κ2) is 62.5. The third-order valence-electron chi connectivity index (χ3n) is 25.9. The Labute approximate surface area is 863 Å². The number of hydrogen-bond acceptors (Lipinski definition) is 24. The maximum Gasteiger partial charge on any atom is 0.307 e. The van der Waals surface area contributed by atoms with Crippen LogP contribution < -0.4 is 55.7 Å². The fourth-order valence-corrected chi connectivity index (χ4v) is 18.2. The first-order valence-corrected chi connectivity index (χ1v) is 50.7. The van der Waals surface area contributed by atoms with E-state index >= 15 is 0 Å². The molecule has 4 aromatic carbocycles. The predicted octanol–water partition coefficient (Wildman–Crippen LogP) is 11.8. The summed E-state index contributed by atoms with van der Waals surface area (Å²) in [6.45, 7) is 25.4. The van der Waals surface area contributed by atoms with Gasteiger partial charge in [0, 0.05) is 136 Å². The number of nitrogens with zero attached hydrogens (tertiary/aromatic N) is 6. The molecule has 6 amide bonds. The first-order chi connectivity index (χ1) is 69.0. The summed E-state index contributed by atoms with van der Waals surface area (Å²) in [6.07, 6.45) is 8.47. The number of guanidine groups is 2. The van der Waals surface area contributed by atoms with Gasteiger partial charge in [0.15, 0.2) is 46.6 Å². The third-order valence-corrected chi connectivity index (χ3v) is 26.4. The van der Waals surface area contributed by atoms with E-state index in [1.54, 1.807) is 90.1 Å². The summed E-state index contributed by atoms with van der Waals surface area (Å²) in [4.78, 5) is 220. The molecule has 4 aromatic rings. The van der Waals surface area contributed by atoms with Gasteiger partial charge in [-0.25, -0.2) is 17.6 Å². The van der Waals surface area contributed by atoms with Crippen LogP contribution in [0.3, 0.4) is 0 Å². The van der Waals surface area contributed by atoms with Gasteiger partial charge in [-0.3, -0.25) is 86.7 Å². The second-order valence-electron chi connectivity index (χ2n) is 39.2. The van der Waals surface area contributed by atoms with Crippen LogP contribution in [-0.2, 0) is 89.8 Å². The lowest BCUT2D eigenvalue weighted by Crippen LogP contribution is -2.54. The van der Waals surface area contributed by atoms with Crippen molar-refractivity contribution in [3.63, 3.8) is 0 Å². The molecule has 4 aliphatic rings. The molecule has 10 atom stereocenters. The Morgan fingerprint density at radius 1 is 0.438 bits per heavy atom. The number of carbonyl (C=O) groups is 16. The molecule has 0 bridgehead atoms. The number of amides is 6. The minimum atomic E-state index is -1.15. The lowest BCUT2D eigenvalue weighted by atomic mass is 9.86. The summed E-state index contributed by atoms with van der Waals surface area (Å²) >= 11 is 11.8. The Bertz CT molecular complexity index is 5000. The highest BCUT2D eigenvalue weighted by atomic mass is 35.5. The van der Waals surface area contributed by atoms with Crippen molar-refractivity contribution in [3.8, 4) is 0 Å². The van der Waals surface area contributed by atoms with E-state index in [9.17, 15) is 94.3 Å². The smallest absolute Gasteiger partial charge is 0.307 e. The van der Waals surface area contributed by atoms with Crippen LogP contribution in [0.2, 0.25) is 10.0 Å². The van der Waals surface area contributed by atoms with Crippen molar-refractivity contribution < 1.29 is 104 Å². The van der Waals surface area contributed by atoms with Crippen LogP contribution in [0, 0.1) is 58.0 Å². The monoisotopic (exact) mass is 2080 g/mol. The number of likely N-dealkylation sites (tertiary alicyclic amines) is 4. The van der Waals surface area contributed by atoms with Gasteiger partial charge in [-0.15, -0.1) is 0 Å². The molecule has 34 nitrogen and oxygen atoms in total. The number of aliphatic imine (C=N–C) groups is 2. The molecule has 0 aromatic heterocycles. The number of esters is 2. The summed E-state index contributed by atoms with van der Waals surface area (Å²) in [5, 5.41) is 12.3. The van der Waals surface area contributed by atoms with Gasteiger partial charge in [0.25, 0.3) is 11.8 Å². The number of benzene rings is 4. The summed E-state index contributed by atoms with van der Waals surface area (Å²) in [7, 11) is 0. The summed E-state index contributed by atoms with van der Waals surface area (Å²) in [5.41, 5.74) is 32.1. The second-order valence-corrected chi connectivity index (χ2v) is 40.1. The average molecular weight is 2080 g/mol. The number of hydrogen-bond donors (Lipinski definition) is 10. The van der Waals surface area contributed by atoms with Crippen LogP contribution in [0.1, 0.15) is 255 Å². The van der Waals surface area contributed by atoms with Crippen molar-refractivity contribution >= 4 is 129 Å². The van der Waals surface area contributed by atoms with E-state index in [-0.39, 0.29) is 145 Å². The fourth-order valence-electron chi connectivity index (χ4n) is 17.8. The number of ketones is 8. The van der Waals surface area contributed by atoms with E-state index < -0.39 is 131 Å². The third kappa shape index (κ3) is 41.8. The zero-order chi connectivity index (χ0) is 109. The van der Waals surface area contributed by atoms with E-state index in [1.165, 1.54) is 68.1 Å². The molecule has 16 N–H and O–H groups in total. The molecular formula is C106H150Cl2F4N16O18. The maximum absolute atomic E-state index is 13.5. The molecule has 8 rings (SSSR count). The number of ether oxygens (including phenoxy) is 2. The highest BCUT2D eigenvalue weighted by Gasteiger charge is 2.47. The molecule has 0 radical (unpaired) electrons. The molecule has 4 fully saturated rings. The van der Waals surface area contributed by atoms with E-state index in [4.69, 9.17) is 67.1 Å². The predicted molar refractivity (Wildman–Crippen MR) is 549 cm³/mol. The average Bonchev–Trinajstić information content (AvgIpc) is 1.65. The number of carbonyl (C=O) groups excluding carboxylic acids is 16. The van der Waals surface area contributed by atoms with Gasteiger partial charge in [-0.2, -0.15) is 0 Å². The fraction of sp³-hybridized carbons (Fsp3) is 0.566. The SMILES string of the molecule is C=C(N)NCCC[C@H](CC(=O)[C@@H]1CCCN1C(=O)C(C)(C)CC(=O)OCc1ccc(Cl)cc1)C(=O)CF.C=C(N)NCCC[C@H](CC(=O)[C@@H]1CCCN1C(=O)C(C)(C)CC(=O)OCc1cccc(Cl)c1)C(=O)CF.CCC(=O)[C@@H](CCCN=C(N)N)CC(=O)[C@@H]1CCCN1C(=O)[C@@H](NC(=O)c1ccc(F)cc1)C(C)C.CCC(=O)[C@H](CCCN=C(N)N)CC(=O)[C@@H]1CCCN1C(=O)[C@@H](NC(=O)c1ccc(F)cc1)C(C)C. The van der Waals surface area contributed by atoms with E-state index in [1.807, 2.05) is 27.7 Å². The Morgan fingerprint density at radius 3 is 1.08 bits per heavy atom. The number of rotatable bonds is 56. The molecule has 0 spiro atoms. The maximum atomic E-state index is 13.5. The van der Waals surface area contributed by atoms with Crippen LogP contribution >= 0.6 is 23.2 Å². The van der Waals surface area contributed by atoms with Crippen molar-refractivity contribution in [3.05, 3.63) is 166 Å². The minimum Gasteiger partial charge on any atom is -0.461 e. The molecule has 4 heterocycles. The standard InChI is InChI=1S/2C27H37ClFN3O5.2C26H38FN5O4/c1-18(30)31-11-5-8-20(24(34)16-29)14-23(33)22-10-6-12-32(22)26(36)27(2,3)15-25(35)37-17-19-7-4-9-21(28)13-19;1-18(30)31-12-4-6-20(24(34)16-29)14-23(33)22-7-5-13-32(22)26(36)27(2,3)15-25(35)37-17-19-8-10-21(28)11-9-19;2*1-4-21(33)18(7-5-13-30-26(28)29)15-22(34)20-8-6-14-32(20)25(36)23(16(2)3)31-24(35)17-9-11-19(27)12-10-17/h4,7,9,13,20,22,31H,1,5-6,8,10-12,14-17,30H2,2-3H3;8-11,20,22,31H,1,4-7,12-17,30H2,2-3H3;2*9-12,16,18,20,23H,4-8,13-15H2,1-3H3,(H,31,35)(H4,28,29,30)/t2*20-,22+;18-,20+,23+;18-,20-,23-/m1110/s1. The van der Waals surface area contributed by atoms with E-state index in [0.717, 1.165) is 11.1 Å². The van der Waals surface area contributed by atoms with Gasteiger partial charge in [0.05, 0.1) is 59.5 Å². The quantitative estimate of drug-likeness (QED) is 0.00645. The minimum absolute atomic E-state index is 0.00413. The molecule has 0 unspecified atom stereocenters. The van der Waals surface area contributed by atoms with E-state index in [0.29, 0.717) is 190 Å². The van der Waals surface area contributed by atoms with Gasteiger partial charge in [0.1, 0.15) is 61.8 Å². The largest absolute Gasteiger partial charge is 0.461 e. The summed E-state index contributed by atoms with van der Waals surface area (Å²) in [6, 6.07) is 19.6. The first kappa shape index (κ1) is 124. The lowest BCUT2D eigenvalue weighted by Gasteiger charge is -2.32. The van der Waals surface area contributed by atoms with Crippen LogP contribution in [0.25, 0.3) is 0 Å². The molecule has 0 saturated carbocycles. The van der Waals surface area contributed by atoms with Crippen molar-refractivity contribution in [1.82, 2.24) is 40.9 Å². The van der Waals surface area contributed by atoms with Gasteiger partial charge < -0.3 is 84.7 Å². The number of Topliss-reactive ketones (excluding diaryl/α,β-unsaturated/α-hetero) is 8. The van der Waals surface area contributed by atoms with Crippen LogP contribution in [0.15, 0.2) is 132 Å². The highest BCUT2D eigenvalue weighted by Crippen LogP contribution is 2.36. The molecule has 804 valence electrons. The number of halogens is 6. The topological polar surface area (TPSA) is 533 Å².